The van der Waals surface area contributed by atoms with Gasteiger partial charge in [-0.05, 0) is 30.4 Å². The maximum Gasteiger partial charge on any atom is 0.251 e. The fraction of sp³-hybridized carbons (Fsp3) is 0.625. The topological polar surface area (TPSA) is 54.0 Å². The SMILES string of the molecule is CCCc1cc(C(=O)NCC(C)C(C)C)cc(NC)n1. The second kappa shape index (κ2) is 7.88. The van der Waals surface area contributed by atoms with E-state index in [1.54, 1.807) is 6.07 Å². The van der Waals surface area contributed by atoms with Gasteiger partial charge in [-0.2, -0.15) is 0 Å². The summed E-state index contributed by atoms with van der Waals surface area (Å²) in [5, 5.41) is 6.02. The molecule has 2 N–H and O–H groups in total. The van der Waals surface area contributed by atoms with E-state index in [1.807, 2.05) is 13.1 Å². The van der Waals surface area contributed by atoms with Gasteiger partial charge in [-0.1, -0.05) is 34.1 Å². The van der Waals surface area contributed by atoms with Crippen LogP contribution in [0.4, 0.5) is 5.82 Å². The summed E-state index contributed by atoms with van der Waals surface area (Å²) in [5.74, 6) is 1.77. The Labute approximate surface area is 122 Å². The molecule has 0 saturated carbocycles. The van der Waals surface area contributed by atoms with Crippen molar-refractivity contribution in [1.29, 1.82) is 0 Å². The molecule has 0 fully saturated rings. The van der Waals surface area contributed by atoms with Crippen LogP contribution in [0.1, 0.15) is 50.2 Å². The predicted octanol–water partition coefficient (Wildman–Crippen LogP) is 3.10. The highest BCUT2D eigenvalue weighted by Crippen LogP contribution is 2.13. The van der Waals surface area contributed by atoms with Crippen molar-refractivity contribution in [3.05, 3.63) is 23.4 Å². The van der Waals surface area contributed by atoms with Gasteiger partial charge in [0.15, 0.2) is 0 Å². The van der Waals surface area contributed by atoms with Gasteiger partial charge in [0.25, 0.3) is 5.91 Å². The van der Waals surface area contributed by atoms with Gasteiger partial charge in [0.05, 0.1) is 0 Å². The number of carbonyl (C=O) groups is 1. The van der Waals surface area contributed by atoms with Crippen molar-refractivity contribution in [3.63, 3.8) is 0 Å². The molecule has 112 valence electrons. The smallest absolute Gasteiger partial charge is 0.251 e. The third kappa shape index (κ3) is 4.83. The molecule has 0 radical (unpaired) electrons. The predicted molar refractivity (Wildman–Crippen MR) is 84.1 cm³/mol. The van der Waals surface area contributed by atoms with Crippen LogP contribution in [0.25, 0.3) is 0 Å². The highest BCUT2D eigenvalue weighted by atomic mass is 16.1. The standard InChI is InChI=1S/C16H27N3O/c1-6-7-14-8-13(9-15(17-5)19-14)16(20)18-10-12(4)11(2)3/h8-9,11-12H,6-7,10H2,1-5H3,(H,17,19)(H,18,20). The third-order valence-corrected chi connectivity index (χ3v) is 3.63. The lowest BCUT2D eigenvalue weighted by Gasteiger charge is -2.16. The minimum absolute atomic E-state index is 0.0197. The molecule has 0 aromatic carbocycles. The number of aryl methyl sites for hydroxylation is 1. The minimum Gasteiger partial charge on any atom is -0.373 e. The molecular weight excluding hydrogens is 250 g/mol. The summed E-state index contributed by atoms with van der Waals surface area (Å²) in [6.45, 7) is 9.30. The molecule has 1 heterocycles. The van der Waals surface area contributed by atoms with Crippen LogP contribution >= 0.6 is 0 Å². The van der Waals surface area contributed by atoms with Crippen LogP contribution in [0.2, 0.25) is 0 Å². The molecule has 0 aliphatic rings. The molecule has 0 aliphatic heterocycles. The first-order chi connectivity index (χ1) is 9.47. The first kappa shape index (κ1) is 16.5. The van der Waals surface area contributed by atoms with E-state index in [0.29, 0.717) is 23.9 Å². The molecule has 1 rings (SSSR count). The lowest BCUT2D eigenvalue weighted by molar-refractivity contribution is 0.0944. The summed E-state index contributed by atoms with van der Waals surface area (Å²) < 4.78 is 0. The third-order valence-electron chi connectivity index (χ3n) is 3.63. The lowest BCUT2D eigenvalue weighted by Crippen LogP contribution is -2.30. The molecule has 1 aromatic heterocycles. The van der Waals surface area contributed by atoms with E-state index < -0.39 is 0 Å². The highest BCUT2D eigenvalue weighted by Gasteiger charge is 2.12. The van der Waals surface area contributed by atoms with Gasteiger partial charge in [-0.15, -0.1) is 0 Å². The van der Waals surface area contributed by atoms with Gasteiger partial charge in [-0.25, -0.2) is 4.98 Å². The van der Waals surface area contributed by atoms with Gasteiger partial charge in [-0.3, -0.25) is 4.79 Å². The van der Waals surface area contributed by atoms with Crippen LogP contribution in [-0.4, -0.2) is 24.5 Å². The molecule has 0 aliphatic carbocycles. The minimum atomic E-state index is -0.0197. The van der Waals surface area contributed by atoms with Crippen LogP contribution in [0, 0.1) is 11.8 Å². The van der Waals surface area contributed by atoms with Crippen molar-refractivity contribution in [2.24, 2.45) is 11.8 Å². The lowest BCUT2D eigenvalue weighted by atomic mass is 9.98. The van der Waals surface area contributed by atoms with E-state index in [2.05, 4.69) is 43.3 Å². The summed E-state index contributed by atoms with van der Waals surface area (Å²) >= 11 is 0. The number of aromatic nitrogens is 1. The van der Waals surface area contributed by atoms with Crippen molar-refractivity contribution >= 4 is 11.7 Å². The Morgan fingerprint density at radius 1 is 1.30 bits per heavy atom. The molecule has 0 bridgehead atoms. The van der Waals surface area contributed by atoms with Gasteiger partial charge in [0.1, 0.15) is 5.82 Å². The molecular formula is C16H27N3O. The van der Waals surface area contributed by atoms with Crippen LogP contribution in [-0.2, 0) is 6.42 Å². The van der Waals surface area contributed by atoms with Gasteiger partial charge in [0.2, 0.25) is 0 Å². The number of hydrogen-bond donors (Lipinski definition) is 2. The van der Waals surface area contributed by atoms with Crippen molar-refractivity contribution < 1.29 is 4.79 Å². The maximum atomic E-state index is 12.2. The zero-order chi connectivity index (χ0) is 15.1. The second-order valence-electron chi connectivity index (χ2n) is 5.66. The molecule has 20 heavy (non-hydrogen) atoms. The second-order valence-corrected chi connectivity index (χ2v) is 5.66. The van der Waals surface area contributed by atoms with Gasteiger partial charge < -0.3 is 10.6 Å². The number of rotatable bonds is 7. The van der Waals surface area contributed by atoms with Crippen molar-refractivity contribution in [1.82, 2.24) is 10.3 Å². The Hall–Kier alpha value is -1.58. The number of pyridine rings is 1. The Morgan fingerprint density at radius 2 is 2.00 bits per heavy atom. The number of hydrogen-bond acceptors (Lipinski definition) is 3. The normalized spacial score (nSPS) is 12.3. The van der Waals surface area contributed by atoms with Crippen molar-refractivity contribution in [3.8, 4) is 0 Å². The van der Waals surface area contributed by atoms with Crippen LogP contribution in [0.5, 0.6) is 0 Å². The zero-order valence-corrected chi connectivity index (χ0v) is 13.3. The Bertz CT molecular complexity index is 443. The van der Waals surface area contributed by atoms with Crippen LogP contribution < -0.4 is 10.6 Å². The van der Waals surface area contributed by atoms with Crippen molar-refractivity contribution in [2.45, 2.75) is 40.5 Å². The summed E-state index contributed by atoms with van der Waals surface area (Å²) in [7, 11) is 1.82. The van der Waals surface area contributed by atoms with E-state index in [0.717, 1.165) is 24.4 Å². The first-order valence-electron chi connectivity index (χ1n) is 7.44. The molecule has 1 aromatic rings. The molecule has 0 saturated heterocycles. The van der Waals surface area contributed by atoms with E-state index in [9.17, 15) is 4.79 Å². The summed E-state index contributed by atoms with van der Waals surface area (Å²) in [5.41, 5.74) is 1.64. The monoisotopic (exact) mass is 277 g/mol. The van der Waals surface area contributed by atoms with E-state index in [4.69, 9.17) is 0 Å². The fourth-order valence-corrected chi connectivity index (χ4v) is 1.82. The number of nitrogens with one attached hydrogen (secondary N) is 2. The Kier molecular flexibility index (Phi) is 6.49. The first-order valence-corrected chi connectivity index (χ1v) is 7.44. The van der Waals surface area contributed by atoms with Gasteiger partial charge in [0, 0.05) is 24.8 Å². The zero-order valence-electron chi connectivity index (χ0n) is 13.3. The van der Waals surface area contributed by atoms with E-state index in [-0.39, 0.29) is 5.91 Å². The maximum absolute atomic E-state index is 12.2. The quantitative estimate of drug-likeness (QED) is 0.805. The van der Waals surface area contributed by atoms with Gasteiger partial charge >= 0.3 is 0 Å². The van der Waals surface area contributed by atoms with E-state index >= 15 is 0 Å². The average molecular weight is 277 g/mol. The number of amides is 1. The Morgan fingerprint density at radius 3 is 2.55 bits per heavy atom. The molecule has 4 heteroatoms. The largest absolute Gasteiger partial charge is 0.373 e. The number of nitrogens with zero attached hydrogens (tertiary/aromatic N) is 1. The molecule has 0 spiro atoms. The summed E-state index contributed by atoms with van der Waals surface area (Å²) in [6, 6.07) is 3.69. The molecule has 4 nitrogen and oxygen atoms in total. The summed E-state index contributed by atoms with van der Waals surface area (Å²) in [4.78, 5) is 16.7. The average Bonchev–Trinajstić information content (AvgIpc) is 2.44. The number of carbonyl (C=O) groups excluding carboxylic acids is 1. The Balaban J connectivity index is 2.78. The molecule has 1 unspecified atom stereocenters. The fourth-order valence-electron chi connectivity index (χ4n) is 1.82. The molecule has 1 amide bonds. The molecule has 1 atom stereocenters. The van der Waals surface area contributed by atoms with Crippen LogP contribution in [0.3, 0.4) is 0 Å². The van der Waals surface area contributed by atoms with E-state index in [1.165, 1.54) is 0 Å². The van der Waals surface area contributed by atoms with Crippen LogP contribution in [0.15, 0.2) is 12.1 Å². The summed E-state index contributed by atoms with van der Waals surface area (Å²) in [6.07, 6.45) is 1.91. The highest BCUT2D eigenvalue weighted by molar-refractivity contribution is 5.95. The van der Waals surface area contributed by atoms with Crippen molar-refractivity contribution in [2.75, 3.05) is 18.9 Å². The number of anilines is 1.